The summed E-state index contributed by atoms with van der Waals surface area (Å²) < 4.78 is 0. The second kappa shape index (κ2) is 3.94. The minimum Gasteiger partial charge on any atom is -0.257 e. The van der Waals surface area contributed by atoms with E-state index in [0.29, 0.717) is 5.25 Å². The van der Waals surface area contributed by atoms with Crippen LogP contribution in [0.1, 0.15) is 0 Å². The van der Waals surface area contributed by atoms with Crippen LogP contribution in [0.5, 0.6) is 0 Å². The van der Waals surface area contributed by atoms with Gasteiger partial charge in [0, 0.05) is 23.2 Å². The van der Waals surface area contributed by atoms with E-state index in [0.717, 1.165) is 13.1 Å². The molecule has 2 nitrogen and oxygen atoms in total. The monoisotopic (exact) mass is 180 g/mol. The van der Waals surface area contributed by atoms with Crippen molar-refractivity contribution < 1.29 is 0 Å². The van der Waals surface area contributed by atoms with Crippen LogP contribution in [0.15, 0.2) is 35.2 Å². The van der Waals surface area contributed by atoms with Gasteiger partial charge in [-0.25, -0.2) is 0 Å². The highest BCUT2D eigenvalue weighted by molar-refractivity contribution is 8.00. The number of thioether (sulfide) groups is 1. The molecule has 0 spiro atoms. The molecular weight excluding hydrogens is 168 g/mol. The van der Waals surface area contributed by atoms with Gasteiger partial charge in [0.2, 0.25) is 0 Å². The van der Waals surface area contributed by atoms with E-state index in [1.165, 1.54) is 4.90 Å². The van der Waals surface area contributed by atoms with Crippen LogP contribution < -0.4 is 10.9 Å². The summed E-state index contributed by atoms with van der Waals surface area (Å²) in [4.78, 5) is 1.35. The summed E-state index contributed by atoms with van der Waals surface area (Å²) in [7, 11) is 0. The maximum Gasteiger partial charge on any atom is 0.0372 e. The Kier molecular flexibility index (Phi) is 2.66. The van der Waals surface area contributed by atoms with Gasteiger partial charge in [-0.15, -0.1) is 11.8 Å². The van der Waals surface area contributed by atoms with E-state index >= 15 is 0 Å². The van der Waals surface area contributed by atoms with Gasteiger partial charge in [0.1, 0.15) is 0 Å². The standard InChI is InChI=1S/C9H12N2S/c1-2-4-8(5-3-1)12-9-6-10-11-7-9/h1-5,9-11H,6-7H2. The van der Waals surface area contributed by atoms with Crippen LogP contribution in [0, 0.1) is 0 Å². The van der Waals surface area contributed by atoms with Crippen molar-refractivity contribution in [3.05, 3.63) is 30.3 Å². The number of hydrogen-bond acceptors (Lipinski definition) is 3. The molecule has 1 fully saturated rings. The molecule has 12 heavy (non-hydrogen) atoms. The lowest BCUT2D eigenvalue weighted by atomic mass is 10.4. The number of rotatable bonds is 2. The van der Waals surface area contributed by atoms with E-state index in [1.54, 1.807) is 0 Å². The fourth-order valence-corrected chi connectivity index (χ4v) is 2.25. The van der Waals surface area contributed by atoms with Gasteiger partial charge >= 0.3 is 0 Å². The molecule has 0 atom stereocenters. The first-order chi connectivity index (χ1) is 5.95. The Hall–Kier alpha value is -0.510. The zero-order valence-corrected chi connectivity index (χ0v) is 7.60. The quantitative estimate of drug-likeness (QED) is 0.716. The molecule has 1 saturated heterocycles. The molecule has 1 aromatic rings. The molecule has 0 bridgehead atoms. The Bertz CT molecular complexity index is 232. The van der Waals surface area contributed by atoms with E-state index in [9.17, 15) is 0 Å². The van der Waals surface area contributed by atoms with E-state index in [2.05, 4.69) is 41.2 Å². The third-order valence-electron chi connectivity index (χ3n) is 1.83. The molecule has 3 heteroatoms. The highest BCUT2D eigenvalue weighted by Gasteiger charge is 2.14. The SMILES string of the molecule is c1ccc(SC2CNNC2)cc1. The van der Waals surface area contributed by atoms with Gasteiger partial charge in [-0.3, -0.25) is 10.9 Å². The lowest BCUT2D eigenvalue weighted by Crippen LogP contribution is -2.21. The summed E-state index contributed by atoms with van der Waals surface area (Å²) in [5.74, 6) is 0. The van der Waals surface area contributed by atoms with Crippen LogP contribution in [0.3, 0.4) is 0 Å². The maximum absolute atomic E-state index is 3.12. The predicted molar refractivity (Wildman–Crippen MR) is 52.1 cm³/mol. The zero-order valence-electron chi connectivity index (χ0n) is 6.79. The second-order valence-corrected chi connectivity index (χ2v) is 4.19. The number of hydrogen-bond donors (Lipinski definition) is 2. The van der Waals surface area contributed by atoms with Crippen molar-refractivity contribution in [3.8, 4) is 0 Å². The number of benzene rings is 1. The zero-order chi connectivity index (χ0) is 8.23. The summed E-state index contributed by atoms with van der Waals surface area (Å²) in [5, 5.41) is 0.674. The van der Waals surface area contributed by atoms with Crippen molar-refractivity contribution in [1.82, 2.24) is 10.9 Å². The van der Waals surface area contributed by atoms with E-state index in [1.807, 2.05) is 11.8 Å². The minimum absolute atomic E-state index is 0.674. The van der Waals surface area contributed by atoms with Crippen molar-refractivity contribution in [1.29, 1.82) is 0 Å². The molecule has 0 unspecified atom stereocenters. The fourth-order valence-electron chi connectivity index (χ4n) is 1.22. The molecule has 0 saturated carbocycles. The van der Waals surface area contributed by atoms with Crippen LogP contribution >= 0.6 is 11.8 Å². The van der Waals surface area contributed by atoms with Crippen molar-refractivity contribution in [3.63, 3.8) is 0 Å². The van der Waals surface area contributed by atoms with Crippen LogP contribution in [-0.4, -0.2) is 18.3 Å². The number of nitrogens with one attached hydrogen (secondary N) is 2. The van der Waals surface area contributed by atoms with Gasteiger partial charge in [-0.05, 0) is 12.1 Å². The van der Waals surface area contributed by atoms with Gasteiger partial charge in [0.25, 0.3) is 0 Å². The molecular formula is C9H12N2S. The third-order valence-corrected chi connectivity index (χ3v) is 3.04. The summed E-state index contributed by atoms with van der Waals surface area (Å²) in [5.41, 5.74) is 6.24. The normalized spacial score (nSPS) is 18.3. The molecule has 0 amide bonds. The Labute approximate surface area is 76.7 Å². The fraction of sp³-hybridized carbons (Fsp3) is 0.333. The second-order valence-electron chi connectivity index (χ2n) is 2.81. The van der Waals surface area contributed by atoms with Crippen LogP contribution in [0.4, 0.5) is 0 Å². The molecule has 1 aliphatic rings. The van der Waals surface area contributed by atoms with E-state index in [-0.39, 0.29) is 0 Å². The Morgan fingerprint density at radius 2 is 1.75 bits per heavy atom. The average Bonchev–Trinajstić information content (AvgIpc) is 2.59. The van der Waals surface area contributed by atoms with Crippen LogP contribution in [0.25, 0.3) is 0 Å². The van der Waals surface area contributed by atoms with Gasteiger partial charge < -0.3 is 0 Å². The first-order valence-corrected chi connectivity index (χ1v) is 5.00. The van der Waals surface area contributed by atoms with Crippen LogP contribution in [0.2, 0.25) is 0 Å². The van der Waals surface area contributed by atoms with Crippen molar-refractivity contribution in [2.75, 3.05) is 13.1 Å². The van der Waals surface area contributed by atoms with Crippen molar-refractivity contribution >= 4 is 11.8 Å². The predicted octanol–water partition coefficient (Wildman–Crippen LogP) is 1.26. The summed E-state index contributed by atoms with van der Waals surface area (Å²) in [6.45, 7) is 2.11. The van der Waals surface area contributed by atoms with Gasteiger partial charge in [0.05, 0.1) is 0 Å². The summed E-state index contributed by atoms with van der Waals surface area (Å²) in [6.07, 6.45) is 0. The third kappa shape index (κ3) is 2.00. The molecule has 0 aliphatic carbocycles. The van der Waals surface area contributed by atoms with Gasteiger partial charge in [-0.1, -0.05) is 18.2 Å². The van der Waals surface area contributed by atoms with Crippen molar-refractivity contribution in [2.24, 2.45) is 0 Å². The number of hydrazine groups is 1. The van der Waals surface area contributed by atoms with Gasteiger partial charge in [-0.2, -0.15) is 0 Å². The molecule has 1 aromatic carbocycles. The lowest BCUT2D eigenvalue weighted by Gasteiger charge is -2.05. The largest absolute Gasteiger partial charge is 0.257 e. The summed E-state index contributed by atoms with van der Waals surface area (Å²) in [6, 6.07) is 10.5. The molecule has 64 valence electrons. The molecule has 1 heterocycles. The summed E-state index contributed by atoms with van der Waals surface area (Å²) >= 11 is 1.93. The highest BCUT2D eigenvalue weighted by Crippen LogP contribution is 2.22. The Morgan fingerprint density at radius 1 is 1.08 bits per heavy atom. The molecule has 0 radical (unpaired) electrons. The van der Waals surface area contributed by atoms with Gasteiger partial charge in [0.15, 0.2) is 0 Å². The molecule has 2 N–H and O–H groups in total. The molecule has 1 aliphatic heterocycles. The minimum atomic E-state index is 0.674. The smallest absolute Gasteiger partial charge is 0.0372 e. The van der Waals surface area contributed by atoms with E-state index < -0.39 is 0 Å². The lowest BCUT2D eigenvalue weighted by molar-refractivity contribution is 0.689. The first-order valence-electron chi connectivity index (χ1n) is 4.12. The van der Waals surface area contributed by atoms with Crippen molar-refractivity contribution in [2.45, 2.75) is 10.1 Å². The molecule has 0 aromatic heterocycles. The Balaban J connectivity index is 1.94. The topological polar surface area (TPSA) is 24.1 Å². The van der Waals surface area contributed by atoms with Crippen LogP contribution in [-0.2, 0) is 0 Å². The Morgan fingerprint density at radius 3 is 2.42 bits per heavy atom. The molecule has 2 rings (SSSR count). The average molecular weight is 180 g/mol. The maximum atomic E-state index is 3.12. The first kappa shape index (κ1) is 8.10. The highest BCUT2D eigenvalue weighted by atomic mass is 32.2. The van der Waals surface area contributed by atoms with E-state index in [4.69, 9.17) is 0 Å².